The smallest absolute Gasteiger partial charge is 0.273 e. The quantitative estimate of drug-likeness (QED) is 0.313. The molecular weight excluding hydrogens is 512 g/mol. The molecular formula is C29H30N6O3S. The summed E-state index contributed by atoms with van der Waals surface area (Å²) in [6, 6.07) is 15.6. The lowest BCUT2D eigenvalue weighted by Gasteiger charge is -2.33. The van der Waals surface area contributed by atoms with Gasteiger partial charge in [0.2, 0.25) is 5.91 Å². The van der Waals surface area contributed by atoms with Crippen molar-refractivity contribution in [2.24, 2.45) is 5.73 Å². The van der Waals surface area contributed by atoms with E-state index in [2.05, 4.69) is 14.7 Å². The normalized spacial score (nSPS) is 14.6. The Kier molecular flexibility index (Phi) is 7.56. The molecule has 2 aromatic carbocycles. The molecule has 2 heterocycles. The second-order valence-corrected chi connectivity index (χ2v) is 10.6. The van der Waals surface area contributed by atoms with Crippen LogP contribution in [0.3, 0.4) is 0 Å². The molecule has 10 heteroatoms. The van der Waals surface area contributed by atoms with Crippen LogP contribution in [-0.2, 0) is 4.79 Å². The van der Waals surface area contributed by atoms with Gasteiger partial charge in [-0.1, -0.05) is 49.1 Å². The minimum Gasteiger partial charge on any atom is -0.395 e. The predicted octanol–water partition coefficient (Wildman–Crippen LogP) is 4.52. The van der Waals surface area contributed by atoms with E-state index in [0.29, 0.717) is 11.3 Å². The molecule has 1 aliphatic rings. The first-order chi connectivity index (χ1) is 18.8. The van der Waals surface area contributed by atoms with Crippen LogP contribution in [0.25, 0.3) is 10.9 Å². The van der Waals surface area contributed by atoms with E-state index in [1.54, 1.807) is 18.3 Å². The Morgan fingerprint density at radius 3 is 2.49 bits per heavy atom. The number of carbonyl (C=O) groups is 3. The number of nitrogens with zero attached hydrogens (tertiary/aromatic N) is 3. The van der Waals surface area contributed by atoms with Gasteiger partial charge in [-0.05, 0) is 67.2 Å². The molecule has 0 aliphatic heterocycles. The van der Waals surface area contributed by atoms with E-state index in [0.717, 1.165) is 60.1 Å². The number of aromatic nitrogens is 2. The highest BCUT2D eigenvalue weighted by molar-refractivity contribution is 7.09. The molecule has 4 aromatic rings. The number of primary amides is 1. The maximum atomic E-state index is 14.2. The third-order valence-electron chi connectivity index (χ3n) is 7.09. The first-order valence-corrected chi connectivity index (χ1v) is 13.7. The molecule has 3 amide bonds. The summed E-state index contributed by atoms with van der Waals surface area (Å²) in [5.74, 6) is -1.66. The van der Waals surface area contributed by atoms with Crippen LogP contribution in [0, 0.1) is 6.92 Å². The lowest BCUT2D eigenvalue weighted by molar-refractivity contribution is -0.123. The number of fused-ring (bicyclic) bond motifs is 1. The molecule has 39 heavy (non-hydrogen) atoms. The summed E-state index contributed by atoms with van der Waals surface area (Å²) in [5, 5.41) is 4.05. The highest BCUT2D eigenvalue weighted by atomic mass is 32.1. The molecule has 1 unspecified atom stereocenters. The fraction of sp³-hybridized carbons (Fsp3) is 0.276. The van der Waals surface area contributed by atoms with Crippen LogP contribution in [0.1, 0.15) is 69.4 Å². The molecule has 5 rings (SSSR count). The van der Waals surface area contributed by atoms with E-state index in [1.165, 1.54) is 4.90 Å². The zero-order valence-electron chi connectivity index (χ0n) is 21.6. The SMILES string of the molecule is Cc1ccc(N(C(=O)c2snc(C(N)=O)c2N)C(C(=O)NC2CCCCC2)c2ccc3ncccc3c2)cc1. The second kappa shape index (κ2) is 11.2. The summed E-state index contributed by atoms with van der Waals surface area (Å²) in [4.78, 5) is 46.1. The van der Waals surface area contributed by atoms with E-state index in [4.69, 9.17) is 11.5 Å². The number of amides is 3. The third-order valence-corrected chi connectivity index (χ3v) is 7.94. The molecule has 1 saturated carbocycles. The lowest BCUT2D eigenvalue weighted by Crippen LogP contribution is -2.47. The molecule has 0 saturated heterocycles. The van der Waals surface area contributed by atoms with Gasteiger partial charge in [-0.3, -0.25) is 24.3 Å². The number of anilines is 2. The van der Waals surface area contributed by atoms with Crippen molar-refractivity contribution in [2.75, 3.05) is 10.6 Å². The van der Waals surface area contributed by atoms with Gasteiger partial charge >= 0.3 is 0 Å². The Morgan fingerprint density at radius 2 is 1.79 bits per heavy atom. The maximum absolute atomic E-state index is 14.2. The van der Waals surface area contributed by atoms with Crippen molar-refractivity contribution in [1.82, 2.24) is 14.7 Å². The molecule has 1 aliphatic carbocycles. The van der Waals surface area contributed by atoms with Crippen molar-refractivity contribution in [2.45, 2.75) is 51.1 Å². The zero-order valence-corrected chi connectivity index (χ0v) is 22.4. The van der Waals surface area contributed by atoms with Gasteiger partial charge in [-0.2, -0.15) is 4.37 Å². The van der Waals surface area contributed by atoms with E-state index < -0.39 is 17.9 Å². The Bertz CT molecular complexity index is 1530. The number of aryl methyl sites for hydroxylation is 1. The van der Waals surface area contributed by atoms with Gasteiger partial charge in [0.05, 0.1) is 11.2 Å². The van der Waals surface area contributed by atoms with Gasteiger partial charge in [0.25, 0.3) is 11.8 Å². The predicted molar refractivity (Wildman–Crippen MR) is 153 cm³/mol. The van der Waals surface area contributed by atoms with Gasteiger partial charge in [0, 0.05) is 23.3 Å². The number of nitrogens with one attached hydrogen (secondary N) is 1. The number of hydrogen-bond donors (Lipinski definition) is 3. The number of pyridine rings is 1. The van der Waals surface area contributed by atoms with Crippen molar-refractivity contribution >= 4 is 51.5 Å². The van der Waals surface area contributed by atoms with Crippen LogP contribution in [0.2, 0.25) is 0 Å². The van der Waals surface area contributed by atoms with Crippen LogP contribution in [0.15, 0.2) is 60.8 Å². The molecule has 1 fully saturated rings. The van der Waals surface area contributed by atoms with Crippen LogP contribution in [0.4, 0.5) is 11.4 Å². The fourth-order valence-electron chi connectivity index (χ4n) is 5.04. The van der Waals surface area contributed by atoms with Crippen molar-refractivity contribution < 1.29 is 14.4 Å². The van der Waals surface area contributed by atoms with Gasteiger partial charge in [-0.15, -0.1) is 0 Å². The molecule has 200 valence electrons. The van der Waals surface area contributed by atoms with Crippen LogP contribution in [-0.4, -0.2) is 33.1 Å². The number of carbonyl (C=O) groups excluding carboxylic acids is 3. The molecule has 9 nitrogen and oxygen atoms in total. The molecule has 5 N–H and O–H groups in total. The average Bonchev–Trinajstić information content (AvgIpc) is 3.33. The van der Waals surface area contributed by atoms with E-state index in [9.17, 15) is 14.4 Å². The third kappa shape index (κ3) is 5.46. The minimum absolute atomic E-state index is 0.0285. The minimum atomic E-state index is -1.02. The summed E-state index contributed by atoms with van der Waals surface area (Å²) in [6.45, 7) is 1.94. The maximum Gasteiger partial charge on any atom is 0.273 e. The summed E-state index contributed by atoms with van der Waals surface area (Å²) >= 11 is 0.793. The van der Waals surface area contributed by atoms with E-state index in [-0.39, 0.29) is 28.2 Å². The van der Waals surface area contributed by atoms with Crippen LogP contribution >= 0.6 is 11.5 Å². The molecule has 0 spiro atoms. The van der Waals surface area contributed by atoms with Crippen LogP contribution in [0.5, 0.6) is 0 Å². The largest absolute Gasteiger partial charge is 0.395 e. The Morgan fingerprint density at radius 1 is 1.05 bits per heavy atom. The highest BCUT2D eigenvalue weighted by Crippen LogP contribution is 2.34. The Hall–Kier alpha value is -4.31. The number of nitrogen functional groups attached to an aromatic ring is 1. The Labute approximate surface area is 230 Å². The van der Waals surface area contributed by atoms with Gasteiger partial charge in [0.15, 0.2) is 5.69 Å². The van der Waals surface area contributed by atoms with Crippen LogP contribution < -0.4 is 21.7 Å². The summed E-state index contributed by atoms with van der Waals surface area (Å²) in [5.41, 5.74) is 14.2. The number of benzene rings is 2. The van der Waals surface area contributed by atoms with Gasteiger partial charge < -0.3 is 16.8 Å². The molecule has 0 bridgehead atoms. The van der Waals surface area contributed by atoms with Crippen molar-refractivity contribution in [1.29, 1.82) is 0 Å². The van der Waals surface area contributed by atoms with E-state index in [1.807, 2.05) is 49.4 Å². The number of hydrogen-bond acceptors (Lipinski definition) is 7. The van der Waals surface area contributed by atoms with Crippen molar-refractivity contribution in [3.63, 3.8) is 0 Å². The summed E-state index contributed by atoms with van der Waals surface area (Å²) in [6.07, 6.45) is 6.73. The highest BCUT2D eigenvalue weighted by Gasteiger charge is 2.37. The molecule has 1 atom stereocenters. The average molecular weight is 543 g/mol. The molecule has 2 aromatic heterocycles. The number of rotatable bonds is 7. The molecule has 0 radical (unpaired) electrons. The number of nitrogens with two attached hydrogens (primary N) is 2. The summed E-state index contributed by atoms with van der Waals surface area (Å²) in [7, 11) is 0. The Balaban J connectivity index is 1.66. The van der Waals surface area contributed by atoms with Crippen molar-refractivity contribution in [3.8, 4) is 0 Å². The topological polar surface area (TPSA) is 144 Å². The monoisotopic (exact) mass is 542 g/mol. The zero-order chi connectivity index (χ0) is 27.5. The standard InChI is InChI=1S/C29H30N6O3S/c1-17-9-12-21(13-10-17)35(29(38)26-23(30)24(27(31)36)34-39-26)25(28(37)33-20-7-3-2-4-8-20)19-11-14-22-18(16-19)6-5-15-32-22/h5-6,9-16,20,25H,2-4,7-8,30H2,1H3,(H2,31,36)(H,33,37). The van der Waals surface area contributed by atoms with Crippen molar-refractivity contribution in [3.05, 3.63) is 82.5 Å². The van der Waals surface area contributed by atoms with E-state index >= 15 is 0 Å². The van der Waals surface area contributed by atoms with Gasteiger partial charge in [0.1, 0.15) is 10.9 Å². The first-order valence-electron chi connectivity index (χ1n) is 12.9. The lowest BCUT2D eigenvalue weighted by atomic mass is 9.94. The first kappa shape index (κ1) is 26.3. The fourth-order valence-corrected chi connectivity index (χ4v) is 5.78. The summed E-state index contributed by atoms with van der Waals surface area (Å²) < 4.78 is 4.02. The second-order valence-electron chi connectivity index (χ2n) is 9.85. The van der Waals surface area contributed by atoms with Gasteiger partial charge in [-0.25, -0.2) is 0 Å².